The second-order valence-corrected chi connectivity index (χ2v) is 7.13. The van der Waals surface area contributed by atoms with Crippen molar-refractivity contribution in [1.29, 1.82) is 0 Å². The molecule has 0 aliphatic carbocycles. The predicted octanol–water partition coefficient (Wildman–Crippen LogP) is 1.74. The quantitative estimate of drug-likeness (QED) is 0.765. The number of ether oxygens (including phenoxy) is 1. The van der Waals surface area contributed by atoms with E-state index < -0.39 is 0 Å². The highest BCUT2D eigenvalue weighted by atomic mass is 16.5. The number of hydrogen-bond acceptors (Lipinski definition) is 4. The minimum absolute atomic E-state index is 0.190. The summed E-state index contributed by atoms with van der Waals surface area (Å²) in [7, 11) is 0. The molecule has 138 valence electrons. The van der Waals surface area contributed by atoms with E-state index in [-0.39, 0.29) is 11.8 Å². The van der Waals surface area contributed by atoms with Crippen molar-refractivity contribution in [1.82, 2.24) is 15.1 Å². The normalized spacial score (nSPS) is 20.5. The second-order valence-electron chi connectivity index (χ2n) is 7.13. The van der Waals surface area contributed by atoms with Gasteiger partial charge in [0.1, 0.15) is 0 Å². The first-order valence-electron chi connectivity index (χ1n) is 9.65. The number of nitrogens with one attached hydrogen (secondary N) is 1. The molecule has 0 unspecified atom stereocenters. The van der Waals surface area contributed by atoms with Gasteiger partial charge >= 0.3 is 0 Å². The van der Waals surface area contributed by atoms with Crippen molar-refractivity contribution in [2.24, 2.45) is 5.92 Å². The van der Waals surface area contributed by atoms with Crippen LogP contribution in [0.2, 0.25) is 0 Å². The molecule has 2 heterocycles. The lowest BCUT2D eigenvalue weighted by Crippen LogP contribution is -2.41. The molecular weight excluding hydrogens is 314 g/mol. The minimum Gasteiger partial charge on any atom is -0.379 e. The standard InChI is InChI=1S/C20H31N3O2/c24-20(21-9-4-10-22-13-15-25-16-14-22)19-7-11-23(12-8-19)17-18-5-2-1-3-6-18/h1-3,5-6,19H,4,7-17H2,(H,21,24). The van der Waals surface area contributed by atoms with Gasteiger partial charge in [0.25, 0.3) is 0 Å². The third-order valence-corrected chi connectivity index (χ3v) is 5.26. The molecule has 2 saturated heterocycles. The van der Waals surface area contributed by atoms with Crippen LogP contribution < -0.4 is 5.32 Å². The van der Waals surface area contributed by atoms with E-state index in [9.17, 15) is 4.79 Å². The predicted molar refractivity (Wildman–Crippen MR) is 99.3 cm³/mol. The molecule has 1 aromatic carbocycles. The Labute approximate surface area is 151 Å². The van der Waals surface area contributed by atoms with Gasteiger partial charge in [-0.3, -0.25) is 14.6 Å². The van der Waals surface area contributed by atoms with Crippen molar-refractivity contribution in [3.05, 3.63) is 35.9 Å². The molecule has 0 atom stereocenters. The Balaban J connectivity index is 1.29. The van der Waals surface area contributed by atoms with Crippen LogP contribution in [-0.2, 0) is 16.1 Å². The van der Waals surface area contributed by atoms with Crippen LogP contribution in [0.5, 0.6) is 0 Å². The average molecular weight is 345 g/mol. The number of morpholine rings is 1. The first-order chi connectivity index (χ1) is 12.3. The van der Waals surface area contributed by atoms with Crippen LogP contribution in [0.4, 0.5) is 0 Å². The number of carbonyl (C=O) groups is 1. The molecular formula is C20H31N3O2. The van der Waals surface area contributed by atoms with E-state index in [1.165, 1.54) is 5.56 Å². The summed E-state index contributed by atoms with van der Waals surface area (Å²) in [6.45, 7) is 8.60. The Hall–Kier alpha value is -1.43. The average Bonchev–Trinajstić information content (AvgIpc) is 2.67. The molecule has 0 spiro atoms. The summed E-state index contributed by atoms with van der Waals surface area (Å²) < 4.78 is 5.35. The zero-order valence-electron chi connectivity index (χ0n) is 15.2. The molecule has 0 bridgehead atoms. The number of carbonyl (C=O) groups excluding carboxylic acids is 1. The Kier molecular flexibility index (Phi) is 7.27. The summed E-state index contributed by atoms with van der Waals surface area (Å²) >= 11 is 0. The number of likely N-dealkylation sites (tertiary alicyclic amines) is 1. The van der Waals surface area contributed by atoms with E-state index in [4.69, 9.17) is 4.74 Å². The summed E-state index contributed by atoms with van der Waals surface area (Å²) in [4.78, 5) is 17.2. The highest BCUT2D eigenvalue weighted by Crippen LogP contribution is 2.19. The van der Waals surface area contributed by atoms with Gasteiger partial charge in [-0.25, -0.2) is 0 Å². The van der Waals surface area contributed by atoms with Crippen LogP contribution in [0.1, 0.15) is 24.8 Å². The SMILES string of the molecule is O=C(NCCCN1CCOCC1)C1CCN(Cc2ccccc2)CC1. The second kappa shape index (κ2) is 9.90. The monoisotopic (exact) mass is 345 g/mol. The summed E-state index contributed by atoms with van der Waals surface area (Å²) in [5.74, 6) is 0.441. The van der Waals surface area contributed by atoms with E-state index >= 15 is 0 Å². The lowest BCUT2D eigenvalue weighted by Gasteiger charge is -2.31. The maximum atomic E-state index is 12.4. The van der Waals surface area contributed by atoms with E-state index in [2.05, 4.69) is 45.4 Å². The number of hydrogen-bond donors (Lipinski definition) is 1. The topological polar surface area (TPSA) is 44.8 Å². The van der Waals surface area contributed by atoms with Gasteiger partial charge in [0.2, 0.25) is 5.91 Å². The molecule has 1 aromatic rings. The summed E-state index contributed by atoms with van der Waals surface area (Å²) in [5, 5.41) is 3.14. The van der Waals surface area contributed by atoms with Crippen LogP contribution in [0.3, 0.4) is 0 Å². The van der Waals surface area contributed by atoms with E-state index in [0.29, 0.717) is 0 Å². The Morgan fingerprint density at radius 3 is 2.48 bits per heavy atom. The summed E-state index contributed by atoms with van der Waals surface area (Å²) in [5.41, 5.74) is 1.36. The molecule has 2 aliphatic heterocycles. The van der Waals surface area contributed by atoms with Gasteiger partial charge < -0.3 is 10.1 Å². The molecule has 5 heteroatoms. The Bertz CT molecular complexity index is 509. The summed E-state index contributed by atoms with van der Waals surface area (Å²) in [6.07, 6.45) is 2.98. The lowest BCUT2D eigenvalue weighted by molar-refractivity contribution is -0.126. The third kappa shape index (κ3) is 6.10. The molecule has 1 amide bonds. The molecule has 2 fully saturated rings. The smallest absolute Gasteiger partial charge is 0.223 e. The van der Waals surface area contributed by atoms with Crippen LogP contribution in [0.25, 0.3) is 0 Å². The maximum absolute atomic E-state index is 12.4. The number of piperidine rings is 1. The molecule has 3 rings (SSSR count). The van der Waals surface area contributed by atoms with Gasteiger partial charge in [0.15, 0.2) is 0 Å². The maximum Gasteiger partial charge on any atom is 0.223 e. The van der Waals surface area contributed by atoms with Crippen LogP contribution >= 0.6 is 0 Å². The first kappa shape index (κ1) is 18.4. The van der Waals surface area contributed by atoms with E-state index in [1.54, 1.807) is 0 Å². The van der Waals surface area contributed by atoms with Gasteiger partial charge in [-0.15, -0.1) is 0 Å². The minimum atomic E-state index is 0.190. The van der Waals surface area contributed by atoms with Crippen LogP contribution in [-0.4, -0.2) is 68.2 Å². The molecule has 0 saturated carbocycles. The summed E-state index contributed by atoms with van der Waals surface area (Å²) in [6, 6.07) is 10.6. The number of benzene rings is 1. The fourth-order valence-corrected chi connectivity index (χ4v) is 3.68. The number of nitrogens with zero attached hydrogens (tertiary/aromatic N) is 2. The van der Waals surface area contributed by atoms with Crippen molar-refractivity contribution in [2.45, 2.75) is 25.8 Å². The molecule has 5 nitrogen and oxygen atoms in total. The molecule has 0 radical (unpaired) electrons. The largest absolute Gasteiger partial charge is 0.379 e. The highest BCUT2D eigenvalue weighted by Gasteiger charge is 2.24. The molecule has 0 aromatic heterocycles. The molecule has 25 heavy (non-hydrogen) atoms. The van der Waals surface area contributed by atoms with Crippen molar-refractivity contribution < 1.29 is 9.53 Å². The van der Waals surface area contributed by atoms with Crippen molar-refractivity contribution in [3.8, 4) is 0 Å². The third-order valence-electron chi connectivity index (χ3n) is 5.26. The van der Waals surface area contributed by atoms with Crippen molar-refractivity contribution >= 4 is 5.91 Å². The van der Waals surface area contributed by atoms with Crippen molar-refractivity contribution in [2.75, 3.05) is 52.5 Å². The van der Waals surface area contributed by atoms with Gasteiger partial charge in [-0.05, 0) is 44.5 Å². The Morgan fingerprint density at radius 2 is 1.76 bits per heavy atom. The van der Waals surface area contributed by atoms with Gasteiger partial charge in [0.05, 0.1) is 13.2 Å². The van der Waals surface area contributed by atoms with Gasteiger partial charge in [0, 0.05) is 32.1 Å². The fourth-order valence-electron chi connectivity index (χ4n) is 3.68. The van der Waals surface area contributed by atoms with Crippen LogP contribution in [0.15, 0.2) is 30.3 Å². The number of rotatable bonds is 7. The van der Waals surface area contributed by atoms with Gasteiger partial charge in [-0.2, -0.15) is 0 Å². The van der Waals surface area contributed by atoms with E-state index in [1.807, 2.05) is 0 Å². The number of amides is 1. The lowest BCUT2D eigenvalue weighted by atomic mass is 9.95. The first-order valence-corrected chi connectivity index (χ1v) is 9.65. The zero-order chi connectivity index (χ0) is 17.3. The Morgan fingerprint density at radius 1 is 1.04 bits per heavy atom. The zero-order valence-corrected chi connectivity index (χ0v) is 15.2. The van der Waals surface area contributed by atoms with Crippen LogP contribution in [0, 0.1) is 5.92 Å². The molecule has 1 N–H and O–H groups in total. The molecule has 2 aliphatic rings. The van der Waals surface area contributed by atoms with Gasteiger partial charge in [-0.1, -0.05) is 30.3 Å². The van der Waals surface area contributed by atoms with Crippen molar-refractivity contribution in [3.63, 3.8) is 0 Å². The highest BCUT2D eigenvalue weighted by molar-refractivity contribution is 5.78. The fraction of sp³-hybridized carbons (Fsp3) is 0.650. The van der Waals surface area contributed by atoms with E-state index in [0.717, 1.165) is 78.3 Å².